The molecule has 6 aliphatic rings. The average molecular weight is 435 g/mol. The van der Waals surface area contributed by atoms with Crippen molar-refractivity contribution in [3.8, 4) is 0 Å². The Bertz CT molecular complexity index is 748. The van der Waals surface area contributed by atoms with Gasteiger partial charge in [-0.1, -0.05) is 19.1 Å². The van der Waals surface area contributed by atoms with Crippen LogP contribution in [0.15, 0.2) is 12.2 Å². The van der Waals surface area contributed by atoms with Gasteiger partial charge in [-0.05, 0) is 49.9 Å². The van der Waals surface area contributed by atoms with Crippen LogP contribution in [0.3, 0.4) is 0 Å². The van der Waals surface area contributed by atoms with E-state index in [0.717, 1.165) is 45.3 Å². The summed E-state index contributed by atoms with van der Waals surface area (Å²) in [5, 5.41) is 0. The van der Waals surface area contributed by atoms with Crippen LogP contribution in [0.25, 0.3) is 0 Å². The first-order chi connectivity index (χ1) is 15.0. The van der Waals surface area contributed by atoms with E-state index in [1.807, 2.05) is 0 Å². The number of rotatable bonds is 6. The summed E-state index contributed by atoms with van der Waals surface area (Å²) in [4.78, 5) is 0. The normalized spacial score (nSPS) is 51.3. The summed E-state index contributed by atoms with van der Waals surface area (Å²) in [6.45, 7) is 4.59. The van der Waals surface area contributed by atoms with Gasteiger partial charge >= 0.3 is 0 Å². The fourth-order valence-corrected chi connectivity index (χ4v) is 9.06. The molecule has 174 valence electrons. The van der Waals surface area contributed by atoms with E-state index in [1.54, 1.807) is 14.2 Å². The van der Waals surface area contributed by atoms with Crippen LogP contribution < -0.4 is 0 Å². The number of ether oxygens (including phenoxy) is 6. The molecule has 31 heavy (non-hydrogen) atoms. The standard InChI is InChI=1S/C25H38O6/c1-21-8-10-23-15-22(23)9-11-24(29-12-13-30-24)14-18(22)6-7-25(23,31-17-27-3)19(21)4-5-20(21)28-16-26-2/h8,10,18-20H,4-7,9,11-17H2,1-3H3/t18?,19-,20+,21+,22+,23+,25+/m1/s1. The van der Waals surface area contributed by atoms with Gasteiger partial charge in [-0.25, -0.2) is 0 Å². The smallest absolute Gasteiger partial charge is 0.168 e. The van der Waals surface area contributed by atoms with Gasteiger partial charge in [0, 0.05) is 43.8 Å². The van der Waals surface area contributed by atoms with Gasteiger partial charge in [0.15, 0.2) is 5.79 Å². The second-order valence-corrected chi connectivity index (χ2v) is 11.2. The summed E-state index contributed by atoms with van der Waals surface area (Å²) in [5.41, 5.74) is 0.239. The van der Waals surface area contributed by atoms with Gasteiger partial charge in [-0.2, -0.15) is 0 Å². The number of methoxy groups -OCH3 is 2. The van der Waals surface area contributed by atoms with Crippen LogP contribution in [-0.2, 0) is 28.4 Å². The molecule has 1 unspecified atom stereocenters. The van der Waals surface area contributed by atoms with Crippen molar-refractivity contribution >= 4 is 0 Å². The van der Waals surface area contributed by atoms with Gasteiger partial charge in [0.2, 0.25) is 0 Å². The molecule has 3 spiro atoms. The molecule has 6 nitrogen and oxygen atoms in total. The Labute approximate surface area is 185 Å². The molecule has 1 aliphatic heterocycles. The zero-order valence-corrected chi connectivity index (χ0v) is 19.3. The second-order valence-electron chi connectivity index (χ2n) is 11.2. The monoisotopic (exact) mass is 434 g/mol. The predicted molar refractivity (Wildman–Crippen MR) is 113 cm³/mol. The summed E-state index contributed by atoms with van der Waals surface area (Å²) >= 11 is 0. The third-order valence-corrected chi connectivity index (χ3v) is 10.4. The molecular formula is C25H38O6. The minimum atomic E-state index is -0.313. The zero-order chi connectivity index (χ0) is 21.4. The Kier molecular flexibility index (Phi) is 4.76. The molecule has 5 fully saturated rings. The Morgan fingerprint density at radius 3 is 2.52 bits per heavy atom. The third-order valence-electron chi connectivity index (χ3n) is 10.4. The summed E-state index contributed by atoms with van der Waals surface area (Å²) in [6, 6.07) is 0. The van der Waals surface area contributed by atoms with Crippen molar-refractivity contribution in [3.63, 3.8) is 0 Å². The molecule has 0 aromatic heterocycles. The molecule has 4 saturated carbocycles. The lowest BCUT2D eigenvalue weighted by molar-refractivity contribution is -0.250. The average Bonchev–Trinajstić information content (AvgIpc) is 3.03. The number of hydrogen-bond acceptors (Lipinski definition) is 6. The highest BCUT2D eigenvalue weighted by molar-refractivity contribution is 5.41. The molecule has 7 atom stereocenters. The molecule has 1 heterocycles. The van der Waals surface area contributed by atoms with Crippen molar-refractivity contribution in [2.45, 2.75) is 75.8 Å². The molecule has 0 bridgehead atoms. The van der Waals surface area contributed by atoms with E-state index < -0.39 is 0 Å². The van der Waals surface area contributed by atoms with Crippen LogP contribution in [0.2, 0.25) is 0 Å². The summed E-state index contributed by atoms with van der Waals surface area (Å²) < 4.78 is 36.0. The van der Waals surface area contributed by atoms with Crippen molar-refractivity contribution in [3.05, 3.63) is 12.2 Å². The van der Waals surface area contributed by atoms with E-state index in [9.17, 15) is 0 Å². The van der Waals surface area contributed by atoms with Crippen LogP contribution in [0, 0.1) is 28.1 Å². The SMILES string of the molecule is COCO[C@H]1CC[C@@H]2[C@]1(C)C=C[C@]13C[C@]14CCC1(CC4CC[C@]23OCOC)OCCO1. The van der Waals surface area contributed by atoms with Crippen LogP contribution in [0.5, 0.6) is 0 Å². The molecule has 6 rings (SSSR count). The fourth-order valence-electron chi connectivity index (χ4n) is 9.06. The molecule has 0 N–H and O–H groups in total. The van der Waals surface area contributed by atoms with Crippen molar-refractivity contribution in [1.29, 1.82) is 0 Å². The largest absolute Gasteiger partial charge is 0.359 e. The molecule has 0 aromatic rings. The van der Waals surface area contributed by atoms with Gasteiger partial charge in [-0.15, -0.1) is 0 Å². The highest BCUT2D eigenvalue weighted by Gasteiger charge is 2.84. The van der Waals surface area contributed by atoms with Crippen LogP contribution in [0.1, 0.15) is 58.3 Å². The van der Waals surface area contributed by atoms with Crippen LogP contribution in [0.4, 0.5) is 0 Å². The van der Waals surface area contributed by atoms with E-state index >= 15 is 0 Å². The third kappa shape index (κ3) is 2.55. The van der Waals surface area contributed by atoms with Crippen LogP contribution >= 0.6 is 0 Å². The molecular weight excluding hydrogens is 396 g/mol. The lowest BCUT2D eigenvalue weighted by atomic mass is 9.50. The van der Waals surface area contributed by atoms with Gasteiger partial charge in [-0.3, -0.25) is 0 Å². The first kappa shape index (κ1) is 21.1. The molecule has 0 aromatic carbocycles. The Balaban J connectivity index is 1.36. The lowest BCUT2D eigenvalue weighted by Crippen LogP contribution is -2.61. The Morgan fingerprint density at radius 1 is 0.935 bits per heavy atom. The van der Waals surface area contributed by atoms with Crippen LogP contribution in [-0.4, -0.2) is 58.5 Å². The van der Waals surface area contributed by atoms with Crippen molar-refractivity contribution in [1.82, 2.24) is 0 Å². The van der Waals surface area contributed by atoms with Crippen molar-refractivity contribution in [2.24, 2.45) is 28.1 Å². The quantitative estimate of drug-likeness (QED) is 0.465. The molecule has 0 radical (unpaired) electrons. The molecule has 1 saturated heterocycles. The van der Waals surface area contributed by atoms with E-state index in [1.165, 1.54) is 19.3 Å². The first-order valence-electron chi connectivity index (χ1n) is 12.2. The Hall–Kier alpha value is -0.500. The predicted octanol–water partition coefficient (Wildman–Crippen LogP) is 4.03. The number of fused-ring (bicyclic) bond motifs is 2. The highest BCUT2D eigenvalue weighted by Crippen LogP contribution is 2.86. The Morgan fingerprint density at radius 2 is 1.74 bits per heavy atom. The summed E-state index contributed by atoms with van der Waals surface area (Å²) in [7, 11) is 3.44. The topological polar surface area (TPSA) is 55.4 Å². The van der Waals surface area contributed by atoms with E-state index in [0.29, 0.717) is 30.8 Å². The minimum Gasteiger partial charge on any atom is -0.359 e. The van der Waals surface area contributed by atoms with E-state index in [2.05, 4.69) is 19.1 Å². The van der Waals surface area contributed by atoms with E-state index in [-0.39, 0.29) is 28.3 Å². The van der Waals surface area contributed by atoms with Gasteiger partial charge < -0.3 is 28.4 Å². The van der Waals surface area contributed by atoms with Gasteiger partial charge in [0.05, 0.1) is 24.9 Å². The number of hydrogen-bond donors (Lipinski definition) is 0. The van der Waals surface area contributed by atoms with Gasteiger partial charge in [0.1, 0.15) is 13.6 Å². The maximum absolute atomic E-state index is 6.84. The van der Waals surface area contributed by atoms with Gasteiger partial charge in [0.25, 0.3) is 0 Å². The fraction of sp³-hybridized carbons (Fsp3) is 0.920. The van der Waals surface area contributed by atoms with E-state index in [4.69, 9.17) is 28.4 Å². The lowest BCUT2D eigenvalue weighted by Gasteiger charge is -2.59. The summed E-state index contributed by atoms with van der Waals surface area (Å²) in [5.74, 6) is 0.777. The second kappa shape index (κ2) is 7.00. The molecule has 6 heteroatoms. The molecule has 5 aliphatic carbocycles. The first-order valence-corrected chi connectivity index (χ1v) is 12.2. The molecule has 0 amide bonds. The minimum absolute atomic E-state index is 0.0261. The highest BCUT2D eigenvalue weighted by atomic mass is 16.7. The zero-order valence-electron chi connectivity index (χ0n) is 19.3. The summed E-state index contributed by atoms with van der Waals surface area (Å²) in [6.07, 6.45) is 14.2. The van der Waals surface area contributed by atoms with Crippen molar-refractivity contribution < 1.29 is 28.4 Å². The maximum Gasteiger partial charge on any atom is 0.168 e. The van der Waals surface area contributed by atoms with Crippen molar-refractivity contribution in [2.75, 3.05) is 41.0 Å². The maximum atomic E-state index is 6.84.